The summed E-state index contributed by atoms with van der Waals surface area (Å²) >= 11 is 1.92. The minimum atomic E-state index is 0.279. The summed E-state index contributed by atoms with van der Waals surface area (Å²) in [6, 6.07) is 9.11. The molecule has 2 rings (SSSR count). The average molecular weight is 249 g/mol. The van der Waals surface area contributed by atoms with Crippen LogP contribution < -0.4 is 5.73 Å². The molecule has 1 aromatic rings. The number of hydrogen-bond acceptors (Lipinski definition) is 2. The van der Waals surface area contributed by atoms with Gasteiger partial charge in [0.15, 0.2) is 0 Å². The largest absolute Gasteiger partial charge is 0.330 e. The van der Waals surface area contributed by atoms with Crippen molar-refractivity contribution in [2.75, 3.05) is 6.54 Å². The molecular weight excluding hydrogens is 226 g/mol. The van der Waals surface area contributed by atoms with E-state index in [0.717, 1.165) is 6.54 Å². The average Bonchev–Trinajstić information content (AvgIpc) is 2.79. The predicted octanol–water partition coefficient (Wildman–Crippen LogP) is 3.96. The maximum atomic E-state index is 6.01. The van der Waals surface area contributed by atoms with Crippen LogP contribution in [-0.4, -0.2) is 11.8 Å². The van der Waals surface area contributed by atoms with Gasteiger partial charge in [-0.2, -0.15) is 0 Å². The first-order valence-corrected chi connectivity index (χ1v) is 7.51. The van der Waals surface area contributed by atoms with Gasteiger partial charge in [-0.3, -0.25) is 0 Å². The van der Waals surface area contributed by atoms with Crippen molar-refractivity contribution < 1.29 is 0 Å². The van der Waals surface area contributed by atoms with Gasteiger partial charge in [-0.15, -0.1) is 11.8 Å². The standard InChI is InChI=1S/C15H23NS/c1-12(2)17-14-7-5-13(6-8-14)15(11-16)9-3-4-10-15/h5-8,12H,3-4,9-11,16H2,1-2H3. The Bertz CT molecular complexity index is 350. The minimum absolute atomic E-state index is 0.279. The van der Waals surface area contributed by atoms with Crippen LogP contribution in [0.3, 0.4) is 0 Å². The molecule has 0 radical (unpaired) electrons. The summed E-state index contributed by atoms with van der Waals surface area (Å²) in [5.74, 6) is 0. The number of hydrogen-bond donors (Lipinski definition) is 1. The molecular formula is C15H23NS. The van der Waals surface area contributed by atoms with Crippen molar-refractivity contribution in [1.82, 2.24) is 0 Å². The highest BCUT2D eigenvalue weighted by molar-refractivity contribution is 7.99. The fourth-order valence-electron chi connectivity index (χ4n) is 2.82. The molecule has 17 heavy (non-hydrogen) atoms. The van der Waals surface area contributed by atoms with Gasteiger partial charge in [-0.05, 0) is 30.5 Å². The van der Waals surface area contributed by atoms with E-state index in [4.69, 9.17) is 5.73 Å². The van der Waals surface area contributed by atoms with Gasteiger partial charge in [0.05, 0.1) is 0 Å². The zero-order valence-corrected chi connectivity index (χ0v) is 11.7. The van der Waals surface area contributed by atoms with Gasteiger partial charge in [-0.1, -0.05) is 38.8 Å². The Balaban J connectivity index is 2.16. The Labute approximate surface area is 109 Å². The molecule has 0 spiro atoms. The van der Waals surface area contributed by atoms with E-state index in [1.165, 1.54) is 36.1 Å². The summed E-state index contributed by atoms with van der Waals surface area (Å²) in [6.45, 7) is 5.26. The van der Waals surface area contributed by atoms with E-state index >= 15 is 0 Å². The first-order chi connectivity index (χ1) is 8.16. The molecule has 1 aromatic carbocycles. The summed E-state index contributed by atoms with van der Waals surface area (Å²) < 4.78 is 0. The van der Waals surface area contributed by atoms with Crippen molar-refractivity contribution in [3.63, 3.8) is 0 Å². The highest BCUT2D eigenvalue weighted by atomic mass is 32.2. The van der Waals surface area contributed by atoms with E-state index < -0.39 is 0 Å². The van der Waals surface area contributed by atoms with E-state index in [1.807, 2.05) is 11.8 Å². The van der Waals surface area contributed by atoms with Crippen LogP contribution in [0.1, 0.15) is 45.1 Å². The van der Waals surface area contributed by atoms with Crippen LogP contribution in [0.2, 0.25) is 0 Å². The fraction of sp³-hybridized carbons (Fsp3) is 0.600. The lowest BCUT2D eigenvalue weighted by atomic mass is 9.79. The monoisotopic (exact) mass is 249 g/mol. The molecule has 2 heteroatoms. The van der Waals surface area contributed by atoms with Crippen LogP contribution in [0.15, 0.2) is 29.2 Å². The van der Waals surface area contributed by atoms with Gasteiger partial charge in [0.25, 0.3) is 0 Å². The summed E-state index contributed by atoms with van der Waals surface area (Å²) in [6.07, 6.45) is 5.19. The zero-order valence-electron chi connectivity index (χ0n) is 10.9. The highest BCUT2D eigenvalue weighted by Crippen LogP contribution is 2.40. The molecule has 0 aromatic heterocycles. The molecule has 0 saturated heterocycles. The van der Waals surface area contributed by atoms with Gasteiger partial charge in [0, 0.05) is 22.1 Å². The Morgan fingerprint density at radius 3 is 2.24 bits per heavy atom. The number of rotatable bonds is 4. The Morgan fingerprint density at radius 2 is 1.76 bits per heavy atom. The van der Waals surface area contributed by atoms with E-state index in [1.54, 1.807) is 0 Å². The summed E-state index contributed by atoms with van der Waals surface area (Å²) in [5, 5.41) is 0.649. The normalized spacial score (nSPS) is 18.8. The molecule has 1 nitrogen and oxygen atoms in total. The second-order valence-corrected chi connectivity index (χ2v) is 7.03. The van der Waals surface area contributed by atoms with Gasteiger partial charge in [-0.25, -0.2) is 0 Å². The number of benzene rings is 1. The third kappa shape index (κ3) is 2.86. The van der Waals surface area contributed by atoms with Crippen LogP contribution in [0.4, 0.5) is 0 Å². The third-order valence-corrected chi connectivity index (χ3v) is 4.81. The molecule has 1 aliphatic rings. The molecule has 1 fully saturated rings. The van der Waals surface area contributed by atoms with E-state index in [9.17, 15) is 0 Å². The van der Waals surface area contributed by atoms with Crippen LogP contribution in [0.5, 0.6) is 0 Å². The van der Waals surface area contributed by atoms with Crippen molar-refractivity contribution in [2.45, 2.75) is 55.1 Å². The predicted molar refractivity (Wildman–Crippen MR) is 76.6 cm³/mol. The highest BCUT2D eigenvalue weighted by Gasteiger charge is 2.33. The molecule has 1 aliphatic carbocycles. The minimum Gasteiger partial charge on any atom is -0.330 e. The van der Waals surface area contributed by atoms with Crippen LogP contribution >= 0.6 is 11.8 Å². The topological polar surface area (TPSA) is 26.0 Å². The first kappa shape index (κ1) is 13.0. The second kappa shape index (κ2) is 5.45. The van der Waals surface area contributed by atoms with E-state index in [2.05, 4.69) is 38.1 Å². The number of thioether (sulfide) groups is 1. The van der Waals surface area contributed by atoms with Gasteiger partial charge < -0.3 is 5.73 Å². The zero-order chi connectivity index (χ0) is 12.3. The van der Waals surface area contributed by atoms with Gasteiger partial charge in [0.1, 0.15) is 0 Å². The van der Waals surface area contributed by atoms with Crippen molar-refractivity contribution in [3.05, 3.63) is 29.8 Å². The smallest absolute Gasteiger partial charge is 0.00755 e. The maximum Gasteiger partial charge on any atom is 0.00755 e. The Kier molecular flexibility index (Phi) is 4.16. The fourth-order valence-corrected chi connectivity index (χ4v) is 3.66. The summed E-state index contributed by atoms with van der Waals surface area (Å²) in [4.78, 5) is 1.37. The van der Waals surface area contributed by atoms with Crippen molar-refractivity contribution >= 4 is 11.8 Å². The van der Waals surface area contributed by atoms with Gasteiger partial charge >= 0.3 is 0 Å². The first-order valence-electron chi connectivity index (χ1n) is 6.63. The number of nitrogens with two attached hydrogens (primary N) is 1. The summed E-state index contributed by atoms with van der Waals surface area (Å²) in [5.41, 5.74) is 7.74. The molecule has 0 atom stereocenters. The van der Waals surface area contributed by atoms with Crippen LogP contribution in [0.25, 0.3) is 0 Å². The molecule has 1 saturated carbocycles. The molecule has 94 valence electrons. The third-order valence-electron chi connectivity index (χ3n) is 3.79. The maximum absolute atomic E-state index is 6.01. The molecule has 0 aliphatic heterocycles. The SMILES string of the molecule is CC(C)Sc1ccc(C2(CN)CCCC2)cc1. The lowest BCUT2D eigenvalue weighted by Crippen LogP contribution is -2.31. The molecule has 0 unspecified atom stereocenters. The van der Waals surface area contributed by atoms with Crippen molar-refractivity contribution in [3.8, 4) is 0 Å². The Morgan fingerprint density at radius 1 is 1.18 bits per heavy atom. The van der Waals surface area contributed by atoms with E-state index in [-0.39, 0.29) is 5.41 Å². The van der Waals surface area contributed by atoms with Crippen LogP contribution in [-0.2, 0) is 5.41 Å². The molecule has 0 bridgehead atoms. The molecule has 0 heterocycles. The van der Waals surface area contributed by atoms with E-state index in [0.29, 0.717) is 5.25 Å². The van der Waals surface area contributed by atoms with Gasteiger partial charge in [0.2, 0.25) is 0 Å². The Hall–Kier alpha value is -0.470. The van der Waals surface area contributed by atoms with Crippen molar-refractivity contribution in [2.24, 2.45) is 5.73 Å². The summed E-state index contributed by atoms with van der Waals surface area (Å²) in [7, 11) is 0. The molecule has 2 N–H and O–H groups in total. The quantitative estimate of drug-likeness (QED) is 0.817. The molecule has 0 amide bonds. The van der Waals surface area contributed by atoms with Crippen molar-refractivity contribution in [1.29, 1.82) is 0 Å². The lowest BCUT2D eigenvalue weighted by Gasteiger charge is -2.28. The van der Waals surface area contributed by atoms with Crippen LogP contribution in [0, 0.1) is 0 Å². The lowest BCUT2D eigenvalue weighted by molar-refractivity contribution is 0.453. The second-order valence-electron chi connectivity index (χ2n) is 5.38.